The summed E-state index contributed by atoms with van der Waals surface area (Å²) in [7, 11) is 0. The van der Waals surface area contributed by atoms with Gasteiger partial charge in [0.2, 0.25) is 0 Å². The van der Waals surface area contributed by atoms with E-state index in [-0.39, 0.29) is 18.0 Å². The molecule has 126 valence electrons. The summed E-state index contributed by atoms with van der Waals surface area (Å²) in [5.74, 6) is -0.156. The van der Waals surface area contributed by atoms with Crippen molar-refractivity contribution in [3.8, 4) is 0 Å². The molecule has 2 aromatic rings. The first-order valence-electron chi connectivity index (χ1n) is 7.91. The smallest absolute Gasteiger partial charge is 0.319 e. The lowest BCUT2D eigenvalue weighted by Crippen LogP contribution is -2.34. The van der Waals surface area contributed by atoms with E-state index in [0.29, 0.717) is 16.9 Å². The topological polar surface area (TPSA) is 70.2 Å². The fourth-order valence-corrected chi connectivity index (χ4v) is 2.15. The highest BCUT2D eigenvalue weighted by molar-refractivity contribution is 6.04. The number of nitrogens with one attached hydrogen (secondary N) is 3. The molecular weight excluding hydrogens is 302 g/mol. The molecule has 5 heteroatoms. The molecule has 0 spiro atoms. The zero-order chi connectivity index (χ0) is 17.7. The number of carbonyl (C=O) groups excluding carboxylic acids is 2. The number of carbonyl (C=O) groups is 2. The molecule has 0 aromatic heterocycles. The Balaban J connectivity index is 1.99. The van der Waals surface area contributed by atoms with Crippen LogP contribution in [0.5, 0.6) is 0 Å². The van der Waals surface area contributed by atoms with E-state index in [4.69, 9.17) is 0 Å². The van der Waals surface area contributed by atoms with Gasteiger partial charge in [-0.15, -0.1) is 0 Å². The highest BCUT2D eigenvalue weighted by Crippen LogP contribution is 2.16. The second-order valence-electron chi connectivity index (χ2n) is 6.08. The van der Waals surface area contributed by atoms with Crippen LogP contribution in [0.3, 0.4) is 0 Å². The zero-order valence-corrected chi connectivity index (χ0v) is 14.4. The van der Waals surface area contributed by atoms with Crippen molar-refractivity contribution in [2.75, 3.05) is 10.6 Å². The predicted molar refractivity (Wildman–Crippen MR) is 97.6 cm³/mol. The van der Waals surface area contributed by atoms with Crippen molar-refractivity contribution < 1.29 is 9.59 Å². The third-order valence-corrected chi connectivity index (χ3v) is 3.59. The van der Waals surface area contributed by atoms with Crippen LogP contribution >= 0.6 is 0 Å². The molecule has 2 rings (SSSR count). The maximum atomic E-state index is 12.3. The lowest BCUT2D eigenvalue weighted by atomic mass is 10.1. The van der Waals surface area contributed by atoms with Crippen LogP contribution in [0.15, 0.2) is 42.5 Å². The molecule has 0 aliphatic heterocycles. The van der Waals surface area contributed by atoms with Crippen LogP contribution in [0, 0.1) is 13.8 Å². The van der Waals surface area contributed by atoms with Crippen LogP contribution < -0.4 is 16.0 Å². The molecule has 0 aliphatic rings. The van der Waals surface area contributed by atoms with Crippen molar-refractivity contribution in [2.24, 2.45) is 0 Å². The van der Waals surface area contributed by atoms with Gasteiger partial charge in [-0.1, -0.05) is 6.07 Å². The Labute approximate surface area is 142 Å². The average Bonchev–Trinajstić information content (AvgIpc) is 2.51. The first kappa shape index (κ1) is 17.5. The summed E-state index contributed by atoms with van der Waals surface area (Å²) >= 11 is 0. The Morgan fingerprint density at radius 2 is 1.42 bits per heavy atom. The second-order valence-corrected chi connectivity index (χ2v) is 6.08. The van der Waals surface area contributed by atoms with E-state index in [1.54, 1.807) is 24.3 Å². The third-order valence-electron chi connectivity index (χ3n) is 3.59. The zero-order valence-electron chi connectivity index (χ0n) is 14.4. The first-order valence-corrected chi connectivity index (χ1v) is 7.91. The van der Waals surface area contributed by atoms with Gasteiger partial charge in [0, 0.05) is 23.0 Å². The van der Waals surface area contributed by atoms with E-state index in [1.165, 1.54) is 0 Å². The fourth-order valence-electron chi connectivity index (χ4n) is 2.15. The molecule has 24 heavy (non-hydrogen) atoms. The van der Waals surface area contributed by atoms with E-state index >= 15 is 0 Å². The van der Waals surface area contributed by atoms with Gasteiger partial charge in [0.1, 0.15) is 0 Å². The van der Waals surface area contributed by atoms with Crippen LogP contribution in [0.25, 0.3) is 0 Å². The summed E-state index contributed by atoms with van der Waals surface area (Å²) in [6.45, 7) is 7.78. The molecule has 0 atom stereocenters. The van der Waals surface area contributed by atoms with E-state index in [0.717, 1.165) is 11.1 Å². The molecule has 0 bridgehead atoms. The molecule has 2 aromatic carbocycles. The van der Waals surface area contributed by atoms with Crippen LogP contribution in [-0.4, -0.2) is 18.0 Å². The van der Waals surface area contributed by atoms with E-state index in [9.17, 15) is 9.59 Å². The van der Waals surface area contributed by atoms with Crippen LogP contribution in [0.4, 0.5) is 16.2 Å². The lowest BCUT2D eigenvalue weighted by molar-refractivity contribution is 0.102. The van der Waals surface area contributed by atoms with Gasteiger partial charge in [0.15, 0.2) is 0 Å². The van der Waals surface area contributed by atoms with Gasteiger partial charge in [0.25, 0.3) is 5.91 Å². The molecular formula is C19H23N3O2. The first-order chi connectivity index (χ1) is 11.3. The Bertz CT molecular complexity index is 737. The van der Waals surface area contributed by atoms with Gasteiger partial charge >= 0.3 is 6.03 Å². The number of aryl methyl sites for hydroxylation is 2. The summed E-state index contributed by atoms with van der Waals surface area (Å²) in [6, 6.07) is 12.4. The maximum absolute atomic E-state index is 12.3. The van der Waals surface area contributed by atoms with Crippen molar-refractivity contribution in [3.63, 3.8) is 0 Å². The minimum absolute atomic E-state index is 0.0709. The quantitative estimate of drug-likeness (QED) is 0.792. The molecule has 0 unspecified atom stereocenters. The van der Waals surface area contributed by atoms with Crippen molar-refractivity contribution in [1.29, 1.82) is 0 Å². The van der Waals surface area contributed by atoms with Gasteiger partial charge < -0.3 is 16.0 Å². The molecule has 0 saturated carbocycles. The van der Waals surface area contributed by atoms with Crippen molar-refractivity contribution >= 4 is 23.3 Å². The minimum atomic E-state index is -0.253. The number of hydrogen-bond acceptors (Lipinski definition) is 2. The molecule has 0 aliphatic carbocycles. The monoisotopic (exact) mass is 325 g/mol. The van der Waals surface area contributed by atoms with Gasteiger partial charge in [-0.2, -0.15) is 0 Å². The summed E-state index contributed by atoms with van der Waals surface area (Å²) in [5.41, 5.74) is 4.20. The Morgan fingerprint density at radius 3 is 1.96 bits per heavy atom. The van der Waals surface area contributed by atoms with E-state index in [2.05, 4.69) is 16.0 Å². The van der Waals surface area contributed by atoms with Crippen molar-refractivity contribution in [3.05, 3.63) is 59.2 Å². The Hall–Kier alpha value is -2.82. The van der Waals surface area contributed by atoms with Crippen molar-refractivity contribution in [2.45, 2.75) is 33.7 Å². The summed E-state index contributed by atoms with van der Waals surface area (Å²) in [6.07, 6.45) is 0. The molecule has 0 saturated heterocycles. The number of hydrogen-bond donors (Lipinski definition) is 3. The summed E-state index contributed by atoms with van der Waals surface area (Å²) < 4.78 is 0. The van der Waals surface area contributed by atoms with Crippen molar-refractivity contribution in [1.82, 2.24) is 5.32 Å². The number of amides is 3. The van der Waals surface area contributed by atoms with E-state index in [1.807, 2.05) is 45.9 Å². The molecule has 0 heterocycles. The predicted octanol–water partition coefficient (Wildman–Crippen LogP) is 4.09. The third kappa shape index (κ3) is 4.84. The highest BCUT2D eigenvalue weighted by Gasteiger charge is 2.08. The maximum Gasteiger partial charge on any atom is 0.319 e. The van der Waals surface area contributed by atoms with Crippen LogP contribution in [0.1, 0.15) is 35.3 Å². The van der Waals surface area contributed by atoms with Gasteiger partial charge in [-0.05, 0) is 75.2 Å². The molecule has 5 nitrogen and oxygen atoms in total. The number of anilines is 2. The lowest BCUT2D eigenvalue weighted by Gasteiger charge is -2.11. The Morgan fingerprint density at radius 1 is 0.833 bits per heavy atom. The van der Waals surface area contributed by atoms with Gasteiger partial charge in [-0.3, -0.25) is 4.79 Å². The fraction of sp³-hybridized carbons (Fsp3) is 0.263. The SMILES string of the molecule is Cc1ccc(C(=O)Nc2ccc(NC(=O)NC(C)C)cc2)cc1C. The number of benzene rings is 2. The van der Waals surface area contributed by atoms with Crippen LogP contribution in [0.2, 0.25) is 0 Å². The molecule has 3 amide bonds. The summed E-state index contributed by atoms with van der Waals surface area (Å²) in [5, 5.41) is 8.34. The molecule has 3 N–H and O–H groups in total. The average molecular weight is 325 g/mol. The largest absolute Gasteiger partial charge is 0.336 e. The summed E-state index contributed by atoms with van der Waals surface area (Å²) in [4.78, 5) is 23.9. The van der Waals surface area contributed by atoms with Crippen LogP contribution in [-0.2, 0) is 0 Å². The number of urea groups is 1. The van der Waals surface area contributed by atoms with E-state index < -0.39 is 0 Å². The minimum Gasteiger partial charge on any atom is -0.336 e. The Kier molecular flexibility index (Phi) is 5.58. The van der Waals surface area contributed by atoms with Gasteiger partial charge in [-0.25, -0.2) is 4.79 Å². The molecule has 0 radical (unpaired) electrons. The normalized spacial score (nSPS) is 10.4. The van der Waals surface area contributed by atoms with Gasteiger partial charge in [0.05, 0.1) is 0 Å². The molecule has 0 fully saturated rings. The highest BCUT2D eigenvalue weighted by atomic mass is 16.2. The standard InChI is InChI=1S/C19H23N3O2/c1-12(2)20-19(24)22-17-9-7-16(8-10-17)21-18(23)15-6-5-13(3)14(4)11-15/h5-12H,1-4H3,(H,21,23)(H2,20,22,24). The second kappa shape index (κ2) is 7.64. The number of rotatable bonds is 4.